The summed E-state index contributed by atoms with van der Waals surface area (Å²) in [6.07, 6.45) is 0.924. The molecule has 0 aliphatic rings. The highest BCUT2D eigenvalue weighted by molar-refractivity contribution is 7.19. The first-order valence-electron chi connectivity index (χ1n) is 4.52. The summed E-state index contributed by atoms with van der Waals surface area (Å²) >= 11 is 7.45. The van der Waals surface area contributed by atoms with E-state index in [-0.39, 0.29) is 0 Å². The van der Waals surface area contributed by atoms with Crippen LogP contribution in [0.15, 0.2) is 30.3 Å². The van der Waals surface area contributed by atoms with Gasteiger partial charge in [-0.05, 0) is 12.0 Å². The van der Waals surface area contributed by atoms with Crippen molar-refractivity contribution in [2.24, 2.45) is 0 Å². The third-order valence-corrected chi connectivity index (χ3v) is 3.29. The van der Waals surface area contributed by atoms with Crippen molar-refractivity contribution in [2.45, 2.75) is 13.3 Å². The van der Waals surface area contributed by atoms with Crippen LogP contribution < -0.4 is 0 Å². The molecule has 72 valence electrons. The Labute approximate surface area is 92.4 Å². The normalized spacial score (nSPS) is 10.4. The Bertz CT molecular complexity index is 422. The van der Waals surface area contributed by atoms with Crippen molar-refractivity contribution in [3.8, 4) is 10.4 Å². The fourth-order valence-corrected chi connectivity index (χ4v) is 2.60. The standard InChI is InChI=1S/C11H10ClNS/c1-2-9-10(14-11(12)13-9)8-6-4-3-5-7-8/h3-7H,2H2,1H3. The summed E-state index contributed by atoms with van der Waals surface area (Å²) in [5, 5.41) is 0. The highest BCUT2D eigenvalue weighted by Crippen LogP contribution is 2.32. The minimum absolute atomic E-state index is 0.626. The Kier molecular flexibility index (Phi) is 2.85. The summed E-state index contributed by atoms with van der Waals surface area (Å²) in [6.45, 7) is 2.10. The zero-order valence-corrected chi connectivity index (χ0v) is 9.40. The van der Waals surface area contributed by atoms with Gasteiger partial charge in [0.25, 0.3) is 0 Å². The number of nitrogens with zero attached hydrogens (tertiary/aromatic N) is 1. The summed E-state index contributed by atoms with van der Waals surface area (Å²) in [6, 6.07) is 10.2. The maximum absolute atomic E-state index is 5.90. The van der Waals surface area contributed by atoms with Gasteiger partial charge in [-0.15, -0.1) is 11.3 Å². The molecule has 0 amide bonds. The number of aromatic nitrogens is 1. The molecule has 0 bridgehead atoms. The van der Waals surface area contributed by atoms with Crippen LogP contribution in [0.4, 0.5) is 0 Å². The third kappa shape index (κ3) is 1.81. The molecule has 1 aromatic carbocycles. The molecule has 2 rings (SSSR count). The van der Waals surface area contributed by atoms with Crippen molar-refractivity contribution in [2.75, 3.05) is 0 Å². The molecule has 0 spiro atoms. The Balaban J connectivity index is 2.51. The van der Waals surface area contributed by atoms with Crippen molar-refractivity contribution in [1.29, 1.82) is 0 Å². The number of halogens is 1. The average Bonchev–Trinajstić information content (AvgIpc) is 2.61. The molecule has 1 nitrogen and oxygen atoms in total. The van der Waals surface area contributed by atoms with Crippen molar-refractivity contribution in [1.82, 2.24) is 4.98 Å². The highest BCUT2D eigenvalue weighted by atomic mass is 35.5. The van der Waals surface area contributed by atoms with Crippen LogP contribution in [-0.2, 0) is 6.42 Å². The highest BCUT2D eigenvalue weighted by Gasteiger charge is 2.09. The molecule has 0 atom stereocenters. The minimum Gasteiger partial charge on any atom is -0.229 e. The van der Waals surface area contributed by atoms with E-state index in [9.17, 15) is 0 Å². The van der Waals surface area contributed by atoms with Crippen LogP contribution in [0.25, 0.3) is 10.4 Å². The van der Waals surface area contributed by atoms with Gasteiger partial charge in [0.2, 0.25) is 0 Å². The fraction of sp³-hybridized carbons (Fsp3) is 0.182. The van der Waals surface area contributed by atoms with Crippen molar-refractivity contribution in [3.05, 3.63) is 40.5 Å². The maximum Gasteiger partial charge on any atom is 0.184 e. The van der Waals surface area contributed by atoms with Crippen LogP contribution in [0, 0.1) is 0 Å². The molecule has 3 heteroatoms. The van der Waals surface area contributed by atoms with Crippen molar-refractivity contribution in [3.63, 3.8) is 0 Å². The molecule has 0 saturated heterocycles. The first kappa shape index (κ1) is 9.69. The molecule has 0 fully saturated rings. The van der Waals surface area contributed by atoms with Gasteiger partial charge < -0.3 is 0 Å². The second-order valence-corrected chi connectivity index (χ2v) is 4.54. The van der Waals surface area contributed by atoms with Gasteiger partial charge >= 0.3 is 0 Å². The summed E-state index contributed by atoms with van der Waals surface area (Å²) in [5.41, 5.74) is 2.29. The van der Waals surface area contributed by atoms with E-state index in [0.717, 1.165) is 12.1 Å². The van der Waals surface area contributed by atoms with E-state index < -0.39 is 0 Å². The Morgan fingerprint density at radius 1 is 1.29 bits per heavy atom. The van der Waals surface area contributed by atoms with Crippen LogP contribution in [0.2, 0.25) is 4.47 Å². The summed E-state index contributed by atoms with van der Waals surface area (Å²) in [4.78, 5) is 5.48. The van der Waals surface area contributed by atoms with Gasteiger partial charge in [0.05, 0.1) is 10.6 Å². The second-order valence-electron chi connectivity index (χ2n) is 2.96. The van der Waals surface area contributed by atoms with E-state index in [1.165, 1.54) is 10.4 Å². The molecular weight excluding hydrogens is 214 g/mol. The molecule has 0 saturated carbocycles. The van der Waals surface area contributed by atoms with E-state index in [1.807, 2.05) is 18.2 Å². The number of benzene rings is 1. The molecule has 0 radical (unpaired) electrons. The third-order valence-electron chi connectivity index (χ3n) is 2.04. The first-order valence-corrected chi connectivity index (χ1v) is 5.71. The number of aryl methyl sites for hydroxylation is 1. The van der Waals surface area contributed by atoms with Crippen LogP contribution in [0.5, 0.6) is 0 Å². The van der Waals surface area contributed by atoms with E-state index >= 15 is 0 Å². The van der Waals surface area contributed by atoms with E-state index in [4.69, 9.17) is 11.6 Å². The molecular formula is C11H10ClNS. The molecule has 0 unspecified atom stereocenters. The SMILES string of the molecule is CCc1nc(Cl)sc1-c1ccccc1. The lowest BCUT2D eigenvalue weighted by molar-refractivity contribution is 1.07. The molecule has 0 aliphatic heterocycles. The van der Waals surface area contributed by atoms with Gasteiger partial charge in [0.15, 0.2) is 4.47 Å². The summed E-state index contributed by atoms with van der Waals surface area (Å²) in [5.74, 6) is 0. The quantitative estimate of drug-likeness (QED) is 0.749. The van der Waals surface area contributed by atoms with Gasteiger partial charge in [-0.1, -0.05) is 48.9 Å². The van der Waals surface area contributed by atoms with Gasteiger partial charge in [-0.25, -0.2) is 4.98 Å². The van der Waals surface area contributed by atoms with Crippen LogP contribution in [0.3, 0.4) is 0 Å². The Morgan fingerprint density at radius 3 is 2.64 bits per heavy atom. The van der Waals surface area contributed by atoms with Crippen LogP contribution >= 0.6 is 22.9 Å². The number of rotatable bonds is 2. The first-order chi connectivity index (χ1) is 6.81. The number of thiazole rings is 1. The monoisotopic (exact) mass is 223 g/mol. The van der Waals surface area contributed by atoms with Gasteiger partial charge in [-0.3, -0.25) is 0 Å². The Hall–Kier alpha value is -0.860. The van der Waals surface area contributed by atoms with Crippen LogP contribution in [0.1, 0.15) is 12.6 Å². The zero-order chi connectivity index (χ0) is 9.97. The topological polar surface area (TPSA) is 12.9 Å². The van der Waals surface area contributed by atoms with Crippen molar-refractivity contribution < 1.29 is 0 Å². The molecule has 0 N–H and O–H groups in total. The molecule has 1 aromatic heterocycles. The molecule has 1 heterocycles. The van der Waals surface area contributed by atoms with Gasteiger partial charge in [0, 0.05) is 0 Å². The fourth-order valence-electron chi connectivity index (χ4n) is 1.38. The van der Waals surface area contributed by atoms with Crippen molar-refractivity contribution >= 4 is 22.9 Å². The predicted molar refractivity (Wildman–Crippen MR) is 61.9 cm³/mol. The van der Waals surface area contributed by atoms with Crippen LogP contribution in [-0.4, -0.2) is 4.98 Å². The minimum atomic E-state index is 0.626. The molecule has 14 heavy (non-hydrogen) atoms. The largest absolute Gasteiger partial charge is 0.229 e. The van der Waals surface area contributed by atoms with E-state index in [1.54, 1.807) is 11.3 Å². The van der Waals surface area contributed by atoms with Gasteiger partial charge in [0.1, 0.15) is 0 Å². The summed E-state index contributed by atoms with van der Waals surface area (Å²) < 4.78 is 0.626. The lowest BCUT2D eigenvalue weighted by Crippen LogP contribution is -1.82. The predicted octanol–water partition coefficient (Wildman–Crippen LogP) is 4.03. The maximum atomic E-state index is 5.90. The molecule has 0 aliphatic carbocycles. The number of hydrogen-bond acceptors (Lipinski definition) is 2. The van der Waals surface area contributed by atoms with E-state index in [0.29, 0.717) is 4.47 Å². The Morgan fingerprint density at radius 2 is 2.00 bits per heavy atom. The van der Waals surface area contributed by atoms with Gasteiger partial charge in [-0.2, -0.15) is 0 Å². The molecule has 2 aromatic rings. The zero-order valence-electron chi connectivity index (χ0n) is 7.83. The lowest BCUT2D eigenvalue weighted by atomic mass is 10.1. The number of hydrogen-bond donors (Lipinski definition) is 0. The second kappa shape index (κ2) is 4.11. The average molecular weight is 224 g/mol. The summed E-state index contributed by atoms with van der Waals surface area (Å²) in [7, 11) is 0. The lowest BCUT2D eigenvalue weighted by Gasteiger charge is -1.98. The smallest absolute Gasteiger partial charge is 0.184 e. The van der Waals surface area contributed by atoms with E-state index in [2.05, 4.69) is 24.0 Å².